The third kappa shape index (κ3) is 2.34. The Morgan fingerprint density at radius 1 is 1.23 bits per heavy atom. The Morgan fingerprint density at radius 2 is 2.00 bits per heavy atom. The summed E-state index contributed by atoms with van der Waals surface area (Å²) in [6.45, 7) is 0.592. The zero-order valence-electron chi connectivity index (χ0n) is 12.4. The number of aromatic nitrogens is 2. The van der Waals surface area contributed by atoms with Crippen molar-refractivity contribution in [2.75, 3.05) is 18.6 Å². The molecule has 0 N–H and O–H groups in total. The maximum Gasteiger partial charge on any atom is 0.229 e. The summed E-state index contributed by atoms with van der Waals surface area (Å²) in [5.41, 5.74) is 0.874. The van der Waals surface area contributed by atoms with Crippen LogP contribution >= 0.6 is 0 Å². The van der Waals surface area contributed by atoms with Crippen LogP contribution in [0.5, 0.6) is 5.75 Å². The van der Waals surface area contributed by atoms with Crippen LogP contribution in [0.25, 0.3) is 0 Å². The highest BCUT2D eigenvalue weighted by molar-refractivity contribution is 5.96. The smallest absolute Gasteiger partial charge is 0.229 e. The molecule has 2 aromatic rings. The lowest BCUT2D eigenvalue weighted by molar-refractivity contribution is -0.117. The quantitative estimate of drug-likeness (QED) is 0.867. The Morgan fingerprint density at radius 3 is 2.68 bits per heavy atom. The first-order valence-corrected chi connectivity index (χ1v) is 7.52. The van der Waals surface area contributed by atoms with E-state index in [-0.39, 0.29) is 11.8 Å². The molecule has 0 spiro atoms. The van der Waals surface area contributed by atoms with E-state index in [1.54, 1.807) is 12.0 Å². The third-order valence-corrected chi connectivity index (χ3v) is 4.26. The topological polar surface area (TPSA) is 68.5 Å². The van der Waals surface area contributed by atoms with Crippen molar-refractivity contribution in [3.63, 3.8) is 0 Å². The minimum atomic E-state index is 0.00542. The van der Waals surface area contributed by atoms with Gasteiger partial charge in [-0.15, -0.1) is 0 Å². The Labute approximate surface area is 128 Å². The van der Waals surface area contributed by atoms with Crippen LogP contribution in [0.2, 0.25) is 0 Å². The number of amides is 1. The molecule has 6 nitrogen and oxygen atoms in total. The predicted molar refractivity (Wildman–Crippen MR) is 79.0 cm³/mol. The number of hydrogen-bond donors (Lipinski definition) is 0. The average Bonchev–Trinajstić information content (AvgIpc) is 3.15. The molecule has 2 aliphatic rings. The summed E-state index contributed by atoms with van der Waals surface area (Å²) in [6.07, 6.45) is 2.68. The largest absolute Gasteiger partial charge is 0.497 e. The van der Waals surface area contributed by atoms with Gasteiger partial charge in [0, 0.05) is 30.5 Å². The molecule has 114 valence electrons. The lowest BCUT2D eigenvalue weighted by Gasteiger charge is -2.16. The summed E-state index contributed by atoms with van der Waals surface area (Å²) in [6, 6.07) is 7.50. The summed E-state index contributed by atoms with van der Waals surface area (Å²) >= 11 is 0. The molecular weight excluding hydrogens is 282 g/mol. The van der Waals surface area contributed by atoms with Gasteiger partial charge in [-0.3, -0.25) is 4.79 Å². The predicted octanol–water partition coefficient (Wildman–Crippen LogP) is 2.48. The van der Waals surface area contributed by atoms with E-state index in [9.17, 15) is 4.79 Å². The van der Waals surface area contributed by atoms with Crippen molar-refractivity contribution >= 4 is 11.6 Å². The third-order valence-electron chi connectivity index (χ3n) is 4.26. The molecule has 1 aliphatic heterocycles. The fourth-order valence-corrected chi connectivity index (χ4v) is 2.80. The van der Waals surface area contributed by atoms with Gasteiger partial charge in [0.15, 0.2) is 5.82 Å². The highest BCUT2D eigenvalue weighted by Gasteiger charge is 2.36. The molecule has 0 radical (unpaired) electrons. The number of nitrogens with zero attached hydrogens (tertiary/aromatic N) is 3. The maximum atomic E-state index is 12.3. The molecule has 6 heteroatoms. The van der Waals surface area contributed by atoms with Crippen molar-refractivity contribution in [2.24, 2.45) is 0 Å². The second kappa shape index (κ2) is 5.12. The standard InChI is InChI=1S/C16H17N3O3/c1-21-13-6-4-12(5-7-13)19-9-11(8-14(19)20)15-17-16(22-18-15)10-2-3-10/h4-7,10-11H,2-3,8-9H2,1H3/t11-/m0/s1. The zero-order chi connectivity index (χ0) is 15.1. The number of ether oxygens (including phenoxy) is 1. The summed E-state index contributed by atoms with van der Waals surface area (Å²) in [4.78, 5) is 18.5. The molecule has 0 bridgehead atoms. The Hall–Kier alpha value is -2.37. The number of methoxy groups -OCH3 is 1. The molecule has 0 unspecified atom stereocenters. The molecule has 1 aromatic carbocycles. The lowest BCUT2D eigenvalue weighted by atomic mass is 10.1. The van der Waals surface area contributed by atoms with Crippen molar-refractivity contribution in [3.05, 3.63) is 36.0 Å². The van der Waals surface area contributed by atoms with E-state index < -0.39 is 0 Å². The minimum Gasteiger partial charge on any atom is -0.497 e. The van der Waals surface area contributed by atoms with Crippen molar-refractivity contribution in [1.29, 1.82) is 0 Å². The molecule has 1 amide bonds. The molecule has 1 aliphatic carbocycles. The second-order valence-corrected chi connectivity index (χ2v) is 5.87. The van der Waals surface area contributed by atoms with Gasteiger partial charge in [-0.05, 0) is 37.1 Å². The van der Waals surface area contributed by atoms with E-state index >= 15 is 0 Å². The van der Waals surface area contributed by atoms with Crippen LogP contribution in [-0.2, 0) is 4.79 Å². The van der Waals surface area contributed by atoms with Crippen LogP contribution in [0, 0.1) is 0 Å². The normalized spacial score (nSPS) is 21.4. The van der Waals surface area contributed by atoms with Gasteiger partial charge in [0.2, 0.25) is 11.8 Å². The van der Waals surface area contributed by atoms with Crippen LogP contribution in [0.15, 0.2) is 28.8 Å². The van der Waals surface area contributed by atoms with Gasteiger partial charge in [-0.1, -0.05) is 5.16 Å². The van der Waals surface area contributed by atoms with Crippen molar-refractivity contribution < 1.29 is 14.1 Å². The summed E-state index contributed by atoms with van der Waals surface area (Å²) < 4.78 is 10.4. The average molecular weight is 299 g/mol. The van der Waals surface area contributed by atoms with Gasteiger partial charge in [-0.25, -0.2) is 0 Å². The van der Waals surface area contributed by atoms with Crippen LogP contribution in [0.1, 0.15) is 42.8 Å². The monoisotopic (exact) mass is 299 g/mol. The van der Waals surface area contributed by atoms with Crippen LogP contribution < -0.4 is 9.64 Å². The lowest BCUT2D eigenvalue weighted by Crippen LogP contribution is -2.24. The van der Waals surface area contributed by atoms with Crippen molar-refractivity contribution in [3.8, 4) is 5.75 Å². The van der Waals surface area contributed by atoms with E-state index in [2.05, 4.69) is 10.1 Å². The molecule has 1 aromatic heterocycles. The molecule has 1 saturated heterocycles. The van der Waals surface area contributed by atoms with Gasteiger partial charge < -0.3 is 14.2 Å². The van der Waals surface area contributed by atoms with Gasteiger partial charge in [-0.2, -0.15) is 4.98 Å². The zero-order valence-corrected chi connectivity index (χ0v) is 12.4. The van der Waals surface area contributed by atoms with Crippen molar-refractivity contribution in [1.82, 2.24) is 10.1 Å². The van der Waals surface area contributed by atoms with Crippen LogP contribution in [0.4, 0.5) is 5.69 Å². The van der Waals surface area contributed by atoms with E-state index in [1.165, 1.54) is 0 Å². The van der Waals surface area contributed by atoms with Gasteiger partial charge in [0.1, 0.15) is 5.75 Å². The summed E-state index contributed by atoms with van der Waals surface area (Å²) in [7, 11) is 1.62. The number of rotatable bonds is 4. The summed E-state index contributed by atoms with van der Waals surface area (Å²) in [5.74, 6) is 2.70. The van der Waals surface area contributed by atoms with Gasteiger partial charge in [0.25, 0.3) is 0 Å². The van der Waals surface area contributed by atoms with E-state index in [1.807, 2.05) is 24.3 Å². The number of hydrogen-bond acceptors (Lipinski definition) is 5. The highest BCUT2D eigenvalue weighted by atomic mass is 16.5. The molecule has 4 rings (SSSR count). The van der Waals surface area contributed by atoms with E-state index in [0.717, 1.165) is 30.2 Å². The van der Waals surface area contributed by atoms with Gasteiger partial charge >= 0.3 is 0 Å². The van der Waals surface area contributed by atoms with Crippen LogP contribution in [-0.4, -0.2) is 29.7 Å². The Balaban J connectivity index is 1.51. The number of carbonyl (C=O) groups excluding carboxylic acids is 1. The van der Waals surface area contributed by atoms with E-state index in [0.29, 0.717) is 24.7 Å². The Kier molecular flexibility index (Phi) is 3.10. The highest BCUT2D eigenvalue weighted by Crippen LogP contribution is 2.40. The fraction of sp³-hybridized carbons (Fsp3) is 0.438. The molecule has 22 heavy (non-hydrogen) atoms. The Bertz CT molecular complexity index is 691. The SMILES string of the molecule is COc1ccc(N2C[C@@H](c3noc(C4CC4)n3)CC2=O)cc1. The molecule has 2 heterocycles. The first-order valence-electron chi connectivity index (χ1n) is 7.52. The first kappa shape index (κ1) is 13.3. The molecule has 2 fully saturated rings. The first-order chi connectivity index (χ1) is 10.7. The molecule has 1 atom stereocenters. The summed E-state index contributed by atoms with van der Waals surface area (Å²) in [5, 5.41) is 4.06. The number of carbonyl (C=O) groups is 1. The second-order valence-electron chi connectivity index (χ2n) is 5.87. The molecular formula is C16H17N3O3. The van der Waals surface area contributed by atoms with Crippen LogP contribution in [0.3, 0.4) is 0 Å². The minimum absolute atomic E-state index is 0.00542. The van der Waals surface area contributed by atoms with Crippen molar-refractivity contribution in [2.45, 2.75) is 31.1 Å². The fourth-order valence-electron chi connectivity index (χ4n) is 2.80. The maximum absolute atomic E-state index is 12.3. The number of benzene rings is 1. The van der Waals surface area contributed by atoms with E-state index in [4.69, 9.17) is 9.26 Å². The number of anilines is 1. The van der Waals surface area contributed by atoms with Gasteiger partial charge in [0.05, 0.1) is 7.11 Å². The molecule has 1 saturated carbocycles.